The Labute approximate surface area is 307 Å². The average molecular weight is 675 g/mol. The molecule has 0 atom stereocenters. The minimum atomic E-state index is 1.000. The van der Waals surface area contributed by atoms with E-state index in [1.165, 1.54) is 0 Å². The van der Waals surface area contributed by atoms with Gasteiger partial charge in [0.2, 0.25) is 0 Å². The second kappa shape index (κ2) is 15.6. The highest BCUT2D eigenvalue weighted by Crippen LogP contribution is 2.39. The molecule has 0 saturated carbocycles. The third-order valence-electron chi connectivity index (χ3n) is 9.59. The van der Waals surface area contributed by atoms with Crippen LogP contribution in [0.25, 0.3) is 0 Å². The maximum absolute atomic E-state index is 5.03. The molecule has 254 valence electrons. The van der Waals surface area contributed by atoms with Gasteiger partial charge in [-0.25, -0.2) is 0 Å². The number of anilines is 6. The van der Waals surface area contributed by atoms with Crippen molar-refractivity contribution in [2.45, 2.75) is 27.7 Å². The molecule has 0 bridgehead atoms. The number of aliphatic imine (C=N–C) groups is 2. The van der Waals surface area contributed by atoms with E-state index in [-0.39, 0.29) is 0 Å². The van der Waals surface area contributed by atoms with Crippen molar-refractivity contribution in [3.05, 3.63) is 203 Å². The van der Waals surface area contributed by atoms with E-state index in [0.29, 0.717) is 0 Å². The van der Waals surface area contributed by atoms with Crippen LogP contribution in [0.4, 0.5) is 45.5 Å². The number of para-hydroxylation sites is 4. The molecule has 0 aromatic heterocycles. The van der Waals surface area contributed by atoms with Gasteiger partial charge in [-0.05, 0) is 134 Å². The Morgan fingerprint density at radius 1 is 0.308 bits per heavy atom. The van der Waals surface area contributed by atoms with Crippen LogP contribution in [0, 0.1) is 27.7 Å². The number of nitrogens with zero attached hydrogens (tertiary/aromatic N) is 4. The van der Waals surface area contributed by atoms with Gasteiger partial charge in [0.15, 0.2) is 0 Å². The summed E-state index contributed by atoms with van der Waals surface area (Å²) in [6.07, 6.45) is 3.93. The molecule has 0 aliphatic heterocycles. The van der Waals surface area contributed by atoms with Crippen molar-refractivity contribution < 1.29 is 0 Å². The van der Waals surface area contributed by atoms with Crippen molar-refractivity contribution in [2.75, 3.05) is 9.80 Å². The van der Waals surface area contributed by atoms with Gasteiger partial charge in [-0.3, -0.25) is 9.98 Å². The van der Waals surface area contributed by atoms with Gasteiger partial charge in [0.25, 0.3) is 0 Å². The lowest BCUT2D eigenvalue weighted by molar-refractivity contribution is 1.21. The summed E-state index contributed by atoms with van der Waals surface area (Å²) in [5, 5.41) is 0. The van der Waals surface area contributed by atoms with Gasteiger partial charge in [-0.2, -0.15) is 0 Å². The molecule has 4 heteroatoms. The van der Waals surface area contributed by atoms with Crippen LogP contribution < -0.4 is 9.80 Å². The Morgan fingerprint density at radius 2 is 0.538 bits per heavy atom. The molecule has 0 amide bonds. The van der Waals surface area contributed by atoms with E-state index in [9.17, 15) is 0 Å². The van der Waals surface area contributed by atoms with Crippen LogP contribution in [0.1, 0.15) is 33.4 Å². The highest BCUT2D eigenvalue weighted by Gasteiger charge is 2.15. The van der Waals surface area contributed by atoms with E-state index < -0.39 is 0 Å². The number of benzene rings is 7. The van der Waals surface area contributed by atoms with Gasteiger partial charge in [0.1, 0.15) is 0 Å². The molecule has 0 heterocycles. The molecule has 7 aromatic rings. The van der Waals surface area contributed by atoms with E-state index in [1.807, 2.05) is 36.7 Å². The molecule has 7 rings (SSSR count). The fourth-order valence-electron chi connectivity index (χ4n) is 6.56. The van der Waals surface area contributed by atoms with Crippen LogP contribution >= 0.6 is 0 Å². The predicted molar refractivity (Wildman–Crippen MR) is 222 cm³/mol. The zero-order valence-electron chi connectivity index (χ0n) is 30.1. The van der Waals surface area contributed by atoms with E-state index >= 15 is 0 Å². The van der Waals surface area contributed by atoms with Crippen LogP contribution in [0.2, 0.25) is 0 Å². The lowest BCUT2D eigenvalue weighted by Gasteiger charge is -2.25. The second-order valence-corrected chi connectivity index (χ2v) is 12.9. The average Bonchev–Trinajstić information content (AvgIpc) is 3.20. The topological polar surface area (TPSA) is 31.2 Å². The molecular formula is C48H42N4. The molecule has 0 spiro atoms. The van der Waals surface area contributed by atoms with Crippen molar-refractivity contribution >= 4 is 57.9 Å². The third kappa shape index (κ3) is 7.33. The zero-order chi connectivity index (χ0) is 35.9. The Bertz CT molecular complexity index is 2020. The molecule has 4 nitrogen and oxygen atoms in total. The van der Waals surface area contributed by atoms with Crippen molar-refractivity contribution in [3.8, 4) is 0 Å². The molecule has 0 saturated heterocycles. The number of hydrogen-bond donors (Lipinski definition) is 0. The molecule has 52 heavy (non-hydrogen) atoms. The normalized spacial score (nSPS) is 11.3. The lowest BCUT2D eigenvalue weighted by Crippen LogP contribution is -2.09. The summed E-state index contributed by atoms with van der Waals surface area (Å²) in [5.41, 5.74) is 15.3. The van der Waals surface area contributed by atoms with E-state index in [0.717, 1.165) is 78.9 Å². The van der Waals surface area contributed by atoms with Crippen molar-refractivity contribution in [1.29, 1.82) is 0 Å². The quantitative estimate of drug-likeness (QED) is 0.135. The fourth-order valence-corrected chi connectivity index (χ4v) is 6.56. The Morgan fingerprint density at radius 3 is 0.788 bits per heavy atom. The van der Waals surface area contributed by atoms with E-state index in [2.05, 4.69) is 183 Å². The highest BCUT2D eigenvalue weighted by molar-refractivity contribution is 5.88. The van der Waals surface area contributed by atoms with Gasteiger partial charge < -0.3 is 9.80 Å². The van der Waals surface area contributed by atoms with Crippen LogP contribution in [-0.2, 0) is 0 Å². The zero-order valence-corrected chi connectivity index (χ0v) is 30.1. The van der Waals surface area contributed by atoms with Gasteiger partial charge in [-0.15, -0.1) is 0 Å². The summed E-state index contributed by atoms with van der Waals surface area (Å²) in [6.45, 7) is 8.57. The molecule has 0 unspecified atom stereocenters. The standard InChI is InChI=1S/C48H42N4/c1-35-36(2)48(50-34-40-27-31-46(32-28-40)52(43-21-13-7-14-22-43)44-23-15-8-16-24-44)38(4)37(3)47(35)49-33-39-25-29-45(30-26-39)51(41-17-9-5-10-18-41)42-19-11-6-12-20-42/h5-34H,1-4H3. The summed E-state index contributed by atoms with van der Waals surface area (Å²) in [6, 6.07) is 59.0. The van der Waals surface area contributed by atoms with Crippen LogP contribution in [0.5, 0.6) is 0 Å². The second-order valence-electron chi connectivity index (χ2n) is 12.9. The Hall–Kier alpha value is -6.52. The molecule has 0 N–H and O–H groups in total. The van der Waals surface area contributed by atoms with Crippen LogP contribution in [0.3, 0.4) is 0 Å². The van der Waals surface area contributed by atoms with Crippen molar-refractivity contribution in [2.24, 2.45) is 9.98 Å². The van der Waals surface area contributed by atoms with Crippen LogP contribution in [-0.4, -0.2) is 12.4 Å². The van der Waals surface area contributed by atoms with Crippen molar-refractivity contribution in [3.63, 3.8) is 0 Å². The maximum atomic E-state index is 5.03. The molecule has 0 fully saturated rings. The maximum Gasteiger partial charge on any atom is 0.0694 e. The minimum Gasteiger partial charge on any atom is -0.311 e. The Kier molecular flexibility index (Phi) is 10.2. The van der Waals surface area contributed by atoms with Gasteiger partial charge in [0, 0.05) is 46.6 Å². The third-order valence-corrected chi connectivity index (χ3v) is 9.59. The smallest absolute Gasteiger partial charge is 0.0694 e. The summed E-state index contributed by atoms with van der Waals surface area (Å²) in [4.78, 5) is 14.6. The first-order valence-electron chi connectivity index (χ1n) is 17.7. The minimum absolute atomic E-state index is 1.000. The summed E-state index contributed by atoms with van der Waals surface area (Å²) >= 11 is 0. The summed E-state index contributed by atoms with van der Waals surface area (Å²) in [5.74, 6) is 0. The molecule has 7 aromatic carbocycles. The SMILES string of the molecule is Cc1c(C)c(N=Cc2ccc(N(c3ccccc3)c3ccccc3)cc2)c(C)c(C)c1N=Cc1ccc(N(c2ccccc2)c2ccccc2)cc1. The predicted octanol–water partition coefficient (Wildman–Crippen LogP) is 13.4. The summed E-state index contributed by atoms with van der Waals surface area (Å²) < 4.78 is 0. The first-order valence-corrected chi connectivity index (χ1v) is 17.7. The number of hydrogen-bond acceptors (Lipinski definition) is 4. The first-order chi connectivity index (χ1) is 25.5. The lowest BCUT2D eigenvalue weighted by atomic mass is 9.96. The fraction of sp³-hybridized carbons (Fsp3) is 0.0833. The Balaban J connectivity index is 1.11. The first kappa shape index (κ1) is 34.0. The molecular weight excluding hydrogens is 633 g/mol. The summed E-state index contributed by atoms with van der Waals surface area (Å²) in [7, 11) is 0. The molecule has 0 radical (unpaired) electrons. The van der Waals surface area contributed by atoms with Crippen LogP contribution in [0.15, 0.2) is 180 Å². The largest absolute Gasteiger partial charge is 0.311 e. The number of rotatable bonds is 10. The van der Waals surface area contributed by atoms with Crippen molar-refractivity contribution in [1.82, 2.24) is 0 Å². The van der Waals surface area contributed by atoms with Gasteiger partial charge >= 0.3 is 0 Å². The van der Waals surface area contributed by atoms with E-state index in [4.69, 9.17) is 9.98 Å². The van der Waals surface area contributed by atoms with Gasteiger partial charge in [-0.1, -0.05) is 97.1 Å². The highest BCUT2D eigenvalue weighted by atomic mass is 15.1. The van der Waals surface area contributed by atoms with Gasteiger partial charge in [0.05, 0.1) is 11.4 Å². The molecule has 0 aliphatic carbocycles. The van der Waals surface area contributed by atoms with E-state index in [1.54, 1.807) is 0 Å². The molecule has 0 aliphatic rings. The monoisotopic (exact) mass is 674 g/mol.